The van der Waals surface area contributed by atoms with E-state index in [0.717, 1.165) is 29.9 Å². The molecule has 0 bridgehead atoms. The van der Waals surface area contributed by atoms with Crippen LogP contribution < -0.4 is 15.5 Å². The molecule has 1 saturated heterocycles. The van der Waals surface area contributed by atoms with Crippen LogP contribution in [0.1, 0.15) is 47.1 Å². The van der Waals surface area contributed by atoms with Gasteiger partial charge in [-0.05, 0) is 54.3 Å². The van der Waals surface area contributed by atoms with E-state index in [2.05, 4.69) is 31.7 Å². The molecule has 0 aliphatic carbocycles. The Balaban J connectivity index is 1.69. The van der Waals surface area contributed by atoms with Gasteiger partial charge in [-0.15, -0.1) is 0 Å². The van der Waals surface area contributed by atoms with Crippen LogP contribution in [0, 0.1) is 0 Å². The highest BCUT2D eigenvalue weighted by atomic mass is 32.1. The first-order chi connectivity index (χ1) is 12.3. The predicted octanol–water partition coefficient (Wildman–Crippen LogP) is 2.41. The quantitative estimate of drug-likeness (QED) is 0.739. The second-order valence-electron chi connectivity index (χ2n) is 6.28. The first-order valence-corrected chi connectivity index (χ1v) is 8.87. The number of thiocarbonyl (C=S) groups is 1. The van der Waals surface area contributed by atoms with Crippen LogP contribution in [0.5, 0.6) is 0 Å². The number of piperidine rings is 1. The van der Waals surface area contributed by atoms with Crippen molar-refractivity contribution < 1.29 is 4.79 Å². The van der Waals surface area contributed by atoms with Crippen molar-refractivity contribution in [2.75, 3.05) is 11.4 Å². The number of aromatic nitrogens is 2. The van der Waals surface area contributed by atoms with E-state index < -0.39 is 0 Å². The van der Waals surface area contributed by atoms with Crippen LogP contribution in [-0.4, -0.2) is 27.4 Å². The van der Waals surface area contributed by atoms with Crippen molar-refractivity contribution in [3.63, 3.8) is 0 Å². The molecular formula is C18H19N5OS. The maximum Gasteiger partial charge on any atom is 0.275 e. The molecule has 0 saturated carbocycles. The third-order valence-electron chi connectivity index (χ3n) is 4.74. The lowest BCUT2D eigenvalue weighted by Gasteiger charge is -2.31. The molecule has 2 aliphatic rings. The van der Waals surface area contributed by atoms with Crippen molar-refractivity contribution in [1.82, 2.24) is 20.6 Å². The van der Waals surface area contributed by atoms with E-state index in [-0.39, 0.29) is 11.9 Å². The third kappa shape index (κ3) is 2.98. The number of nitrogens with one attached hydrogen (secondary N) is 3. The van der Waals surface area contributed by atoms with Crippen molar-refractivity contribution in [3.05, 3.63) is 53.4 Å². The van der Waals surface area contributed by atoms with Gasteiger partial charge < -0.3 is 15.2 Å². The van der Waals surface area contributed by atoms with E-state index >= 15 is 0 Å². The monoisotopic (exact) mass is 353 g/mol. The smallest absolute Gasteiger partial charge is 0.275 e. The maximum atomic E-state index is 12.1. The molecule has 4 heterocycles. The highest BCUT2D eigenvalue weighted by molar-refractivity contribution is 7.78. The van der Waals surface area contributed by atoms with Gasteiger partial charge in [-0.25, -0.2) is 0 Å². The molecule has 128 valence electrons. The van der Waals surface area contributed by atoms with E-state index in [1.165, 1.54) is 12.8 Å². The number of carbonyl (C=O) groups is 1. The van der Waals surface area contributed by atoms with Gasteiger partial charge in [-0.1, -0.05) is 12.5 Å². The van der Waals surface area contributed by atoms with Crippen LogP contribution in [0.4, 0.5) is 5.69 Å². The lowest BCUT2D eigenvalue weighted by Crippen LogP contribution is -2.41. The molecule has 2 aliphatic heterocycles. The molecule has 4 rings (SSSR count). The number of aromatic amines is 1. The number of anilines is 1. The number of hydrogen-bond acceptors (Lipinski definition) is 5. The van der Waals surface area contributed by atoms with Crippen molar-refractivity contribution >= 4 is 28.8 Å². The highest BCUT2D eigenvalue weighted by Gasteiger charge is 2.29. The van der Waals surface area contributed by atoms with Crippen LogP contribution in [-0.2, 0) is 6.54 Å². The summed E-state index contributed by atoms with van der Waals surface area (Å²) < 4.78 is 0. The summed E-state index contributed by atoms with van der Waals surface area (Å²) in [5.41, 5.74) is 3.53. The number of H-pyrrole nitrogens is 1. The Morgan fingerprint density at radius 1 is 1.36 bits per heavy atom. The van der Waals surface area contributed by atoms with Crippen molar-refractivity contribution in [1.29, 1.82) is 0 Å². The predicted molar refractivity (Wildman–Crippen MR) is 99.4 cm³/mol. The second kappa shape index (κ2) is 6.80. The van der Waals surface area contributed by atoms with Crippen LogP contribution in [0.3, 0.4) is 0 Å². The van der Waals surface area contributed by atoms with Gasteiger partial charge in [0.25, 0.3) is 5.91 Å². The number of nitrogens with zero attached hydrogens (tertiary/aromatic N) is 2. The number of rotatable bonds is 3. The number of pyridine rings is 1. The number of amides is 1. The van der Waals surface area contributed by atoms with Crippen molar-refractivity contribution in [2.24, 2.45) is 0 Å². The molecule has 7 heteroatoms. The molecule has 1 amide bonds. The van der Waals surface area contributed by atoms with E-state index in [4.69, 9.17) is 12.2 Å². The zero-order valence-corrected chi connectivity index (χ0v) is 14.5. The van der Waals surface area contributed by atoms with Gasteiger partial charge in [-0.2, -0.15) is 0 Å². The van der Waals surface area contributed by atoms with Gasteiger partial charge in [0.2, 0.25) is 0 Å². The molecule has 6 nitrogen and oxygen atoms in total. The van der Waals surface area contributed by atoms with E-state index in [1.807, 2.05) is 23.2 Å². The fourth-order valence-electron chi connectivity index (χ4n) is 3.52. The summed E-state index contributed by atoms with van der Waals surface area (Å²) in [6, 6.07) is 6.19. The topological polar surface area (TPSA) is 73.1 Å². The zero-order valence-electron chi connectivity index (χ0n) is 13.7. The Bertz CT molecular complexity index is 849. The van der Waals surface area contributed by atoms with Gasteiger partial charge in [-0.3, -0.25) is 15.1 Å². The molecule has 2 aromatic rings. The van der Waals surface area contributed by atoms with Crippen LogP contribution >= 0.6 is 12.2 Å². The highest BCUT2D eigenvalue weighted by Crippen LogP contribution is 2.30. The standard InChI is InChI=1S/C18H19N5OS/c24-18-17-14(6-9-21-17)23(15(11-25)22-18)10-12-4-3-8-20-16(12)13-5-1-2-7-19-13/h3-4,6,8-9,13,19,21H,1-2,5,7,10H2,(H,22,24). The largest absolute Gasteiger partial charge is 0.355 e. The molecular weight excluding hydrogens is 334 g/mol. The Morgan fingerprint density at radius 2 is 2.28 bits per heavy atom. The molecule has 0 radical (unpaired) electrons. The van der Waals surface area contributed by atoms with Crippen molar-refractivity contribution in [3.8, 4) is 0 Å². The van der Waals surface area contributed by atoms with Crippen LogP contribution in [0.2, 0.25) is 0 Å². The summed E-state index contributed by atoms with van der Waals surface area (Å²) in [4.78, 5) is 21.7. The maximum absolute atomic E-state index is 12.1. The SMILES string of the molecule is O=C1NC(=C=S)N(Cc2cccnc2C2CCCCN2)c2cc[nH]c21. The van der Waals surface area contributed by atoms with E-state index in [1.54, 1.807) is 6.20 Å². The summed E-state index contributed by atoms with van der Waals surface area (Å²) in [6.45, 7) is 1.60. The van der Waals surface area contributed by atoms with E-state index in [9.17, 15) is 4.79 Å². The molecule has 0 spiro atoms. The minimum Gasteiger partial charge on any atom is -0.355 e. The number of fused-ring (bicyclic) bond motifs is 1. The minimum atomic E-state index is -0.191. The zero-order chi connectivity index (χ0) is 17.2. The Labute approximate surface area is 151 Å². The Morgan fingerprint density at radius 3 is 3.08 bits per heavy atom. The first kappa shape index (κ1) is 16.0. The lowest BCUT2D eigenvalue weighted by molar-refractivity contribution is 0.0957. The molecule has 1 fully saturated rings. The normalized spacial score (nSPS) is 20.0. The minimum absolute atomic E-state index is 0.191. The molecule has 3 N–H and O–H groups in total. The van der Waals surface area contributed by atoms with Gasteiger partial charge in [0, 0.05) is 18.4 Å². The third-order valence-corrected chi connectivity index (χ3v) is 4.93. The summed E-state index contributed by atoms with van der Waals surface area (Å²) in [7, 11) is 0. The first-order valence-electron chi connectivity index (χ1n) is 8.46. The summed E-state index contributed by atoms with van der Waals surface area (Å²) in [6.07, 6.45) is 7.11. The fourth-order valence-corrected chi connectivity index (χ4v) is 3.69. The van der Waals surface area contributed by atoms with Gasteiger partial charge in [0.1, 0.15) is 5.69 Å². The van der Waals surface area contributed by atoms with Gasteiger partial charge >= 0.3 is 0 Å². The summed E-state index contributed by atoms with van der Waals surface area (Å²) in [5.74, 6) is 0.308. The van der Waals surface area contributed by atoms with E-state index in [0.29, 0.717) is 18.1 Å². The van der Waals surface area contributed by atoms with Gasteiger partial charge in [0.15, 0.2) is 5.82 Å². The Hall–Kier alpha value is -2.47. The summed E-state index contributed by atoms with van der Waals surface area (Å²) >= 11 is 5.00. The molecule has 2 aromatic heterocycles. The molecule has 1 unspecified atom stereocenters. The van der Waals surface area contributed by atoms with Crippen molar-refractivity contribution in [2.45, 2.75) is 31.8 Å². The lowest BCUT2D eigenvalue weighted by atomic mass is 9.98. The molecule has 25 heavy (non-hydrogen) atoms. The fraction of sp³-hybridized carbons (Fsp3) is 0.333. The average Bonchev–Trinajstić information content (AvgIpc) is 3.15. The Kier molecular flexibility index (Phi) is 4.36. The van der Waals surface area contributed by atoms with Crippen LogP contribution in [0.25, 0.3) is 0 Å². The molecule has 0 aromatic carbocycles. The van der Waals surface area contributed by atoms with Crippen LogP contribution in [0.15, 0.2) is 36.4 Å². The molecule has 1 atom stereocenters. The average molecular weight is 353 g/mol. The number of hydrogen-bond donors (Lipinski definition) is 3. The summed E-state index contributed by atoms with van der Waals surface area (Å²) in [5, 5.41) is 9.04. The number of carbonyl (C=O) groups excluding carboxylic acids is 1. The van der Waals surface area contributed by atoms with Gasteiger partial charge in [0.05, 0.1) is 17.9 Å². The second-order valence-corrected chi connectivity index (χ2v) is 6.48.